The number of halogens is 2. The predicted octanol–water partition coefficient (Wildman–Crippen LogP) is 2.86. The van der Waals surface area contributed by atoms with Crippen molar-refractivity contribution in [3.05, 3.63) is 33.8 Å². The van der Waals surface area contributed by atoms with E-state index in [4.69, 9.17) is 23.2 Å². The van der Waals surface area contributed by atoms with Gasteiger partial charge in [-0.1, -0.05) is 29.3 Å². The normalized spacial score (nSPS) is 10.3. The molecule has 0 fully saturated rings. The van der Waals surface area contributed by atoms with Crippen molar-refractivity contribution < 1.29 is 9.59 Å². The average Bonchev–Trinajstić information content (AvgIpc) is 2.44. The molecule has 0 spiro atoms. The maximum atomic E-state index is 12.2. The summed E-state index contributed by atoms with van der Waals surface area (Å²) in [5.41, 5.74) is 0.591. The smallest absolute Gasteiger partial charge is 0.242 e. The Bertz CT molecular complexity index is 496. The number of amides is 2. The first-order chi connectivity index (χ1) is 9.90. The highest BCUT2D eigenvalue weighted by molar-refractivity contribution is 6.36. The molecule has 1 aromatic carbocycles. The van der Waals surface area contributed by atoms with E-state index in [0.29, 0.717) is 28.7 Å². The van der Waals surface area contributed by atoms with Crippen LogP contribution in [-0.2, 0) is 16.0 Å². The lowest BCUT2D eigenvalue weighted by Crippen LogP contribution is -2.41. The van der Waals surface area contributed by atoms with Gasteiger partial charge in [-0.25, -0.2) is 0 Å². The maximum absolute atomic E-state index is 12.2. The summed E-state index contributed by atoms with van der Waals surface area (Å²) in [4.78, 5) is 27.3. The highest BCUT2D eigenvalue weighted by Gasteiger charge is 2.18. The Hall–Kier alpha value is -1.26. The molecule has 2 amide bonds. The van der Waals surface area contributed by atoms with Gasteiger partial charge in [-0.15, -0.1) is 0 Å². The summed E-state index contributed by atoms with van der Waals surface area (Å²) in [6.07, 6.45) is 0.0839. The molecular weight excluding hydrogens is 311 g/mol. The van der Waals surface area contributed by atoms with Gasteiger partial charge in [0.15, 0.2) is 0 Å². The molecule has 0 aliphatic carbocycles. The van der Waals surface area contributed by atoms with Crippen LogP contribution < -0.4 is 0 Å². The minimum atomic E-state index is -0.189. The zero-order valence-electron chi connectivity index (χ0n) is 12.5. The van der Waals surface area contributed by atoms with Crippen LogP contribution in [0.4, 0.5) is 0 Å². The number of carbonyl (C=O) groups is 2. The first kappa shape index (κ1) is 17.8. The van der Waals surface area contributed by atoms with Crippen molar-refractivity contribution >= 4 is 35.0 Å². The van der Waals surface area contributed by atoms with E-state index in [1.54, 1.807) is 30.1 Å². The van der Waals surface area contributed by atoms with Crippen LogP contribution in [0.1, 0.15) is 19.4 Å². The molecule has 0 heterocycles. The van der Waals surface area contributed by atoms with Crippen molar-refractivity contribution in [3.8, 4) is 0 Å². The third-order valence-electron chi connectivity index (χ3n) is 3.30. The second-order valence-electron chi connectivity index (χ2n) is 4.69. The van der Waals surface area contributed by atoms with Crippen LogP contribution in [0.25, 0.3) is 0 Å². The largest absolute Gasteiger partial charge is 0.342 e. The summed E-state index contributed by atoms with van der Waals surface area (Å²) < 4.78 is 0. The quantitative estimate of drug-likeness (QED) is 0.804. The summed E-state index contributed by atoms with van der Waals surface area (Å²) in [6, 6.07) is 5.11. The number of rotatable bonds is 6. The number of carbonyl (C=O) groups excluding carboxylic acids is 2. The zero-order chi connectivity index (χ0) is 16.0. The first-order valence-electron chi connectivity index (χ1n) is 6.85. The summed E-state index contributed by atoms with van der Waals surface area (Å²) in [6.45, 7) is 5.14. The van der Waals surface area contributed by atoms with Crippen molar-refractivity contribution in [2.24, 2.45) is 0 Å². The van der Waals surface area contributed by atoms with Gasteiger partial charge in [-0.05, 0) is 31.5 Å². The molecule has 0 bridgehead atoms. The molecule has 0 saturated carbocycles. The number of nitrogens with zero attached hydrogens (tertiary/aromatic N) is 2. The monoisotopic (exact) mass is 330 g/mol. The van der Waals surface area contributed by atoms with E-state index in [1.165, 1.54) is 4.90 Å². The Morgan fingerprint density at radius 3 is 2.05 bits per heavy atom. The van der Waals surface area contributed by atoms with E-state index < -0.39 is 0 Å². The van der Waals surface area contributed by atoms with Gasteiger partial charge in [-0.2, -0.15) is 0 Å². The molecule has 0 N–H and O–H groups in total. The van der Waals surface area contributed by atoms with Crippen molar-refractivity contribution in [1.29, 1.82) is 0 Å². The van der Waals surface area contributed by atoms with Crippen LogP contribution in [0.3, 0.4) is 0 Å². The standard InChI is InChI=1S/C15H20Cl2N2O2/c1-4-19(5-2)15(21)10-18(3)14(20)9-11-12(16)7-6-8-13(11)17/h6-8H,4-5,9-10H2,1-3H3. The lowest BCUT2D eigenvalue weighted by atomic mass is 10.1. The van der Waals surface area contributed by atoms with E-state index >= 15 is 0 Å². The predicted molar refractivity (Wildman–Crippen MR) is 85.7 cm³/mol. The van der Waals surface area contributed by atoms with Crippen molar-refractivity contribution in [1.82, 2.24) is 9.80 Å². The fourth-order valence-electron chi connectivity index (χ4n) is 1.95. The van der Waals surface area contributed by atoms with Crippen LogP contribution in [0.5, 0.6) is 0 Å². The lowest BCUT2D eigenvalue weighted by molar-refractivity contribution is -0.138. The highest BCUT2D eigenvalue weighted by Crippen LogP contribution is 2.25. The second kappa shape index (κ2) is 8.25. The van der Waals surface area contributed by atoms with E-state index in [9.17, 15) is 9.59 Å². The minimum absolute atomic E-state index is 0.0581. The number of likely N-dealkylation sites (N-methyl/N-ethyl adjacent to an activating group) is 2. The number of benzene rings is 1. The molecular formula is C15H20Cl2N2O2. The van der Waals surface area contributed by atoms with Gasteiger partial charge in [0.25, 0.3) is 0 Å². The molecule has 1 aromatic rings. The van der Waals surface area contributed by atoms with Crippen molar-refractivity contribution in [2.45, 2.75) is 20.3 Å². The molecule has 0 saturated heterocycles. The maximum Gasteiger partial charge on any atom is 0.242 e. The van der Waals surface area contributed by atoms with Crippen LogP contribution >= 0.6 is 23.2 Å². The van der Waals surface area contributed by atoms with Crippen molar-refractivity contribution in [3.63, 3.8) is 0 Å². The fourth-order valence-corrected chi connectivity index (χ4v) is 2.49. The van der Waals surface area contributed by atoms with E-state index in [1.807, 2.05) is 13.8 Å². The zero-order valence-corrected chi connectivity index (χ0v) is 14.0. The Balaban J connectivity index is 2.69. The SMILES string of the molecule is CCN(CC)C(=O)CN(C)C(=O)Cc1c(Cl)cccc1Cl. The Morgan fingerprint density at radius 1 is 1.05 bits per heavy atom. The number of hydrogen-bond acceptors (Lipinski definition) is 2. The molecule has 0 radical (unpaired) electrons. The first-order valence-corrected chi connectivity index (χ1v) is 7.60. The van der Waals surface area contributed by atoms with Gasteiger partial charge >= 0.3 is 0 Å². The van der Waals surface area contributed by atoms with E-state index in [2.05, 4.69) is 0 Å². The second-order valence-corrected chi connectivity index (χ2v) is 5.51. The van der Waals surface area contributed by atoms with E-state index in [-0.39, 0.29) is 24.8 Å². The summed E-state index contributed by atoms with van der Waals surface area (Å²) in [5, 5.41) is 0.915. The molecule has 21 heavy (non-hydrogen) atoms. The topological polar surface area (TPSA) is 40.6 Å². The minimum Gasteiger partial charge on any atom is -0.342 e. The van der Waals surface area contributed by atoms with Gasteiger partial charge in [0.1, 0.15) is 0 Å². The van der Waals surface area contributed by atoms with Gasteiger partial charge in [-0.3, -0.25) is 9.59 Å². The third-order valence-corrected chi connectivity index (χ3v) is 4.01. The van der Waals surface area contributed by atoms with Crippen LogP contribution in [0.2, 0.25) is 10.0 Å². The van der Waals surface area contributed by atoms with Crippen LogP contribution in [0.15, 0.2) is 18.2 Å². The Morgan fingerprint density at radius 2 is 1.57 bits per heavy atom. The molecule has 0 atom stereocenters. The molecule has 6 heteroatoms. The molecule has 116 valence electrons. The van der Waals surface area contributed by atoms with Crippen LogP contribution in [-0.4, -0.2) is 48.3 Å². The highest BCUT2D eigenvalue weighted by atomic mass is 35.5. The third kappa shape index (κ3) is 4.90. The van der Waals surface area contributed by atoms with Crippen molar-refractivity contribution in [2.75, 3.05) is 26.7 Å². The lowest BCUT2D eigenvalue weighted by Gasteiger charge is -2.23. The van der Waals surface area contributed by atoms with E-state index in [0.717, 1.165) is 0 Å². The molecule has 1 rings (SSSR count). The summed E-state index contributed by atoms with van der Waals surface area (Å²) >= 11 is 12.1. The molecule has 4 nitrogen and oxygen atoms in total. The van der Waals surface area contributed by atoms with Crippen LogP contribution in [0, 0.1) is 0 Å². The van der Waals surface area contributed by atoms with Gasteiger partial charge < -0.3 is 9.80 Å². The fraction of sp³-hybridized carbons (Fsp3) is 0.467. The Labute approximate surface area is 135 Å². The Kier molecular flexibility index (Phi) is 6.99. The van der Waals surface area contributed by atoms with Gasteiger partial charge in [0.2, 0.25) is 11.8 Å². The van der Waals surface area contributed by atoms with Gasteiger partial charge in [0, 0.05) is 30.2 Å². The van der Waals surface area contributed by atoms with Gasteiger partial charge in [0.05, 0.1) is 13.0 Å². The molecule has 0 aromatic heterocycles. The summed E-state index contributed by atoms with van der Waals surface area (Å²) in [5.74, 6) is -0.258. The summed E-state index contributed by atoms with van der Waals surface area (Å²) in [7, 11) is 1.61. The molecule has 0 aliphatic heterocycles. The number of hydrogen-bond donors (Lipinski definition) is 0. The molecule has 0 unspecified atom stereocenters. The average molecular weight is 331 g/mol. The molecule has 0 aliphatic rings.